The van der Waals surface area contributed by atoms with E-state index in [0.717, 1.165) is 0 Å². The molecule has 0 saturated heterocycles. The van der Waals surface area contributed by atoms with Crippen LogP contribution in [-0.2, 0) is 9.84 Å². The summed E-state index contributed by atoms with van der Waals surface area (Å²) < 4.78 is 23.1. The Morgan fingerprint density at radius 2 is 2.00 bits per heavy atom. The standard InChI is InChI=1S/C10H20N2O2S/c1-4-9(12)7-15(13,14)6-5-10(2,3)8-11/h9H,4-7,12H2,1-3H3. The summed E-state index contributed by atoms with van der Waals surface area (Å²) in [6.07, 6.45) is 1.02. The van der Waals surface area contributed by atoms with Crippen molar-refractivity contribution in [3.05, 3.63) is 0 Å². The van der Waals surface area contributed by atoms with Gasteiger partial charge in [0.1, 0.15) is 0 Å². The maximum atomic E-state index is 11.6. The zero-order valence-corrected chi connectivity index (χ0v) is 10.5. The van der Waals surface area contributed by atoms with Crippen LogP contribution in [0.3, 0.4) is 0 Å². The Hall–Kier alpha value is -0.600. The average molecular weight is 232 g/mol. The molecule has 0 aromatic carbocycles. The Kier molecular flexibility index (Phi) is 5.26. The first kappa shape index (κ1) is 14.4. The summed E-state index contributed by atoms with van der Waals surface area (Å²) in [4.78, 5) is 0. The smallest absolute Gasteiger partial charge is 0.151 e. The van der Waals surface area contributed by atoms with E-state index in [-0.39, 0.29) is 17.5 Å². The van der Waals surface area contributed by atoms with Gasteiger partial charge in [0.25, 0.3) is 0 Å². The number of nitriles is 1. The highest BCUT2D eigenvalue weighted by Crippen LogP contribution is 2.19. The van der Waals surface area contributed by atoms with Gasteiger partial charge in [0.05, 0.1) is 23.0 Å². The van der Waals surface area contributed by atoms with Crippen LogP contribution in [0.15, 0.2) is 0 Å². The summed E-state index contributed by atoms with van der Waals surface area (Å²) in [5, 5.41) is 8.75. The Morgan fingerprint density at radius 1 is 1.47 bits per heavy atom. The highest BCUT2D eigenvalue weighted by molar-refractivity contribution is 7.91. The fourth-order valence-electron chi connectivity index (χ4n) is 0.994. The van der Waals surface area contributed by atoms with Crippen LogP contribution in [0.2, 0.25) is 0 Å². The van der Waals surface area contributed by atoms with Gasteiger partial charge >= 0.3 is 0 Å². The minimum atomic E-state index is -3.11. The number of nitrogens with zero attached hydrogens (tertiary/aromatic N) is 1. The quantitative estimate of drug-likeness (QED) is 0.742. The van der Waals surface area contributed by atoms with Gasteiger partial charge in [0.15, 0.2) is 9.84 Å². The van der Waals surface area contributed by atoms with Crippen molar-refractivity contribution in [1.82, 2.24) is 0 Å². The van der Waals surface area contributed by atoms with Crippen LogP contribution in [0, 0.1) is 16.7 Å². The van der Waals surface area contributed by atoms with Gasteiger partial charge in [0, 0.05) is 6.04 Å². The molecular formula is C10H20N2O2S. The van der Waals surface area contributed by atoms with Gasteiger partial charge in [0.2, 0.25) is 0 Å². The Morgan fingerprint density at radius 3 is 2.40 bits per heavy atom. The summed E-state index contributed by atoms with van der Waals surface area (Å²) in [7, 11) is -3.11. The second kappa shape index (κ2) is 5.47. The SMILES string of the molecule is CCC(N)CS(=O)(=O)CCC(C)(C)C#N. The molecule has 0 aliphatic heterocycles. The number of rotatable bonds is 6. The Bertz CT molecular complexity index is 328. The second-order valence-electron chi connectivity index (χ2n) is 4.53. The van der Waals surface area contributed by atoms with E-state index in [4.69, 9.17) is 11.0 Å². The lowest BCUT2D eigenvalue weighted by Gasteiger charge is -2.15. The van der Waals surface area contributed by atoms with E-state index >= 15 is 0 Å². The van der Waals surface area contributed by atoms with Crippen LogP contribution < -0.4 is 5.73 Å². The lowest BCUT2D eigenvalue weighted by Crippen LogP contribution is -2.31. The van der Waals surface area contributed by atoms with Crippen molar-refractivity contribution in [2.24, 2.45) is 11.1 Å². The van der Waals surface area contributed by atoms with Crippen molar-refractivity contribution in [2.45, 2.75) is 39.7 Å². The molecule has 0 aromatic heterocycles. The predicted molar refractivity (Wildman–Crippen MR) is 60.9 cm³/mol. The maximum absolute atomic E-state index is 11.6. The van der Waals surface area contributed by atoms with Crippen LogP contribution in [0.4, 0.5) is 0 Å². The minimum Gasteiger partial charge on any atom is -0.327 e. The van der Waals surface area contributed by atoms with Gasteiger partial charge in [-0.1, -0.05) is 6.92 Å². The molecule has 0 aliphatic carbocycles. The van der Waals surface area contributed by atoms with Crippen LogP contribution in [0.1, 0.15) is 33.6 Å². The minimum absolute atomic E-state index is 0.0189. The zero-order valence-electron chi connectivity index (χ0n) is 9.66. The topological polar surface area (TPSA) is 84.0 Å². The van der Waals surface area contributed by atoms with Crippen LogP contribution in [0.25, 0.3) is 0 Å². The van der Waals surface area contributed by atoms with Crippen molar-refractivity contribution in [3.63, 3.8) is 0 Å². The lowest BCUT2D eigenvalue weighted by molar-refractivity contribution is 0.472. The molecule has 0 spiro atoms. The summed E-state index contributed by atoms with van der Waals surface area (Å²) in [6.45, 7) is 5.34. The molecule has 0 rings (SSSR count). The highest BCUT2D eigenvalue weighted by atomic mass is 32.2. The van der Waals surface area contributed by atoms with Gasteiger partial charge in [-0.3, -0.25) is 0 Å². The molecule has 0 aromatic rings. The number of hydrogen-bond acceptors (Lipinski definition) is 4. The van der Waals surface area contributed by atoms with Crippen molar-refractivity contribution >= 4 is 9.84 Å². The third kappa shape index (κ3) is 6.47. The van der Waals surface area contributed by atoms with E-state index < -0.39 is 15.3 Å². The highest BCUT2D eigenvalue weighted by Gasteiger charge is 2.22. The summed E-state index contributed by atoms with van der Waals surface area (Å²) in [6, 6.07) is 1.79. The van der Waals surface area contributed by atoms with Gasteiger partial charge in [-0.2, -0.15) is 5.26 Å². The molecule has 1 atom stereocenters. The predicted octanol–water partition coefficient (Wildman–Crippen LogP) is 1.08. The van der Waals surface area contributed by atoms with Gasteiger partial charge in [-0.15, -0.1) is 0 Å². The summed E-state index contributed by atoms with van der Waals surface area (Å²) in [5.41, 5.74) is 5.01. The molecular weight excluding hydrogens is 212 g/mol. The molecule has 0 saturated carbocycles. The Labute approximate surface area is 92.4 Å². The molecule has 1 unspecified atom stereocenters. The number of nitrogens with two attached hydrogens (primary N) is 1. The van der Waals surface area contributed by atoms with Crippen molar-refractivity contribution < 1.29 is 8.42 Å². The molecule has 0 aliphatic rings. The van der Waals surface area contributed by atoms with E-state index in [0.29, 0.717) is 12.8 Å². The van der Waals surface area contributed by atoms with Crippen LogP contribution >= 0.6 is 0 Å². The molecule has 0 heterocycles. The first-order valence-corrected chi connectivity index (χ1v) is 6.92. The molecule has 0 amide bonds. The largest absolute Gasteiger partial charge is 0.327 e. The molecule has 0 radical (unpaired) electrons. The van der Waals surface area contributed by atoms with Crippen LogP contribution in [-0.4, -0.2) is 26.0 Å². The molecule has 2 N–H and O–H groups in total. The first-order valence-electron chi connectivity index (χ1n) is 5.09. The van der Waals surface area contributed by atoms with E-state index in [1.165, 1.54) is 0 Å². The van der Waals surface area contributed by atoms with Gasteiger partial charge in [-0.25, -0.2) is 8.42 Å². The third-order valence-corrected chi connectivity index (χ3v) is 4.10. The molecule has 0 fully saturated rings. The first-order chi connectivity index (χ1) is 6.72. The molecule has 15 heavy (non-hydrogen) atoms. The Balaban J connectivity index is 4.25. The zero-order chi connectivity index (χ0) is 12.1. The number of sulfone groups is 1. The van der Waals surface area contributed by atoms with E-state index in [9.17, 15) is 8.42 Å². The van der Waals surface area contributed by atoms with Gasteiger partial charge in [-0.05, 0) is 26.7 Å². The average Bonchev–Trinajstić information content (AvgIpc) is 2.14. The van der Waals surface area contributed by atoms with E-state index in [1.807, 2.05) is 6.92 Å². The van der Waals surface area contributed by atoms with Gasteiger partial charge < -0.3 is 5.73 Å². The third-order valence-electron chi connectivity index (χ3n) is 2.33. The van der Waals surface area contributed by atoms with E-state index in [1.54, 1.807) is 13.8 Å². The fourth-order valence-corrected chi connectivity index (χ4v) is 2.87. The molecule has 4 nitrogen and oxygen atoms in total. The molecule has 88 valence electrons. The van der Waals surface area contributed by atoms with Crippen molar-refractivity contribution in [3.8, 4) is 6.07 Å². The van der Waals surface area contributed by atoms with Crippen LogP contribution in [0.5, 0.6) is 0 Å². The normalized spacial score (nSPS) is 14.6. The number of hydrogen-bond donors (Lipinski definition) is 1. The monoisotopic (exact) mass is 232 g/mol. The summed E-state index contributed by atoms with van der Waals surface area (Å²) in [5.74, 6) is 0.0618. The lowest BCUT2D eigenvalue weighted by atomic mass is 9.93. The summed E-state index contributed by atoms with van der Waals surface area (Å²) >= 11 is 0. The van der Waals surface area contributed by atoms with E-state index in [2.05, 4.69) is 6.07 Å². The fraction of sp³-hybridized carbons (Fsp3) is 0.900. The van der Waals surface area contributed by atoms with Crippen molar-refractivity contribution in [2.75, 3.05) is 11.5 Å². The molecule has 5 heteroatoms. The van der Waals surface area contributed by atoms with Crippen molar-refractivity contribution in [1.29, 1.82) is 5.26 Å². The molecule has 0 bridgehead atoms. The second-order valence-corrected chi connectivity index (χ2v) is 6.76. The maximum Gasteiger partial charge on any atom is 0.151 e.